The van der Waals surface area contributed by atoms with Gasteiger partial charge in [0.1, 0.15) is 0 Å². The van der Waals surface area contributed by atoms with Gasteiger partial charge in [-0.05, 0) is 37.0 Å². The molecule has 0 heterocycles. The Balaban J connectivity index is 2.06. The molecule has 0 unspecified atom stereocenters. The number of benzene rings is 1. The van der Waals surface area contributed by atoms with Crippen molar-refractivity contribution in [2.75, 3.05) is 6.54 Å². The minimum absolute atomic E-state index is 0.267. The van der Waals surface area contributed by atoms with Crippen LogP contribution in [-0.2, 0) is 16.2 Å². The molecule has 1 saturated carbocycles. The quantitative estimate of drug-likeness (QED) is 0.847. The van der Waals surface area contributed by atoms with Crippen molar-refractivity contribution < 1.29 is 21.6 Å². The van der Waals surface area contributed by atoms with E-state index in [1.807, 2.05) is 0 Å². The van der Waals surface area contributed by atoms with E-state index in [1.54, 1.807) is 0 Å². The summed E-state index contributed by atoms with van der Waals surface area (Å²) in [6, 6.07) is 3.84. The van der Waals surface area contributed by atoms with E-state index in [-0.39, 0.29) is 10.8 Å². The highest BCUT2D eigenvalue weighted by molar-refractivity contribution is 7.89. The summed E-state index contributed by atoms with van der Waals surface area (Å²) < 4.78 is 64.8. The van der Waals surface area contributed by atoms with Gasteiger partial charge in [-0.1, -0.05) is 31.7 Å². The van der Waals surface area contributed by atoms with Crippen LogP contribution in [0.3, 0.4) is 0 Å². The monoisotopic (exact) mass is 335 g/mol. The highest BCUT2D eigenvalue weighted by Crippen LogP contribution is 2.30. The average molecular weight is 335 g/mol. The van der Waals surface area contributed by atoms with Gasteiger partial charge in [-0.3, -0.25) is 0 Å². The highest BCUT2D eigenvalue weighted by Gasteiger charge is 2.31. The summed E-state index contributed by atoms with van der Waals surface area (Å²) in [5.74, 6) is 0.267. The zero-order valence-corrected chi connectivity index (χ0v) is 13.0. The predicted octanol–water partition coefficient (Wildman–Crippen LogP) is 3.95. The molecule has 0 spiro atoms. The number of alkyl halides is 3. The highest BCUT2D eigenvalue weighted by atomic mass is 32.2. The molecular formula is C15H20F3NO2S. The second kappa shape index (κ2) is 7.00. The van der Waals surface area contributed by atoms with Crippen LogP contribution in [0.5, 0.6) is 0 Å². The van der Waals surface area contributed by atoms with Crippen molar-refractivity contribution in [3.63, 3.8) is 0 Å². The fraction of sp³-hybridized carbons (Fsp3) is 0.600. The molecule has 1 aliphatic carbocycles. The molecule has 22 heavy (non-hydrogen) atoms. The zero-order chi connectivity index (χ0) is 16.2. The first-order valence-electron chi connectivity index (χ1n) is 7.46. The average Bonchev–Trinajstić information content (AvgIpc) is 2.73. The fourth-order valence-corrected chi connectivity index (χ4v) is 3.88. The molecule has 1 aromatic carbocycles. The van der Waals surface area contributed by atoms with Crippen LogP contribution in [0.4, 0.5) is 13.2 Å². The predicted molar refractivity (Wildman–Crippen MR) is 77.8 cm³/mol. The molecule has 1 fully saturated rings. The summed E-state index contributed by atoms with van der Waals surface area (Å²) in [4.78, 5) is -0.337. The topological polar surface area (TPSA) is 46.2 Å². The second-order valence-corrected chi connectivity index (χ2v) is 7.50. The first-order valence-corrected chi connectivity index (χ1v) is 8.94. The third-order valence-electron chi connectivity index (χ3n) is 4.01. The number of hydrogen-bond donors (Lipinski definition) is 1. The summed E-state index contributed by atoms with van der Waals surface area (Å²) in [5.41, 5.74) is -0.954. The third kappa shape index (κ3) is 4.71. The maximum absolute atomic E-state index is 12.7. The molecule has 0 amide bonds. The summed E-state index contributed by atoms with van der Waals surface area (Å²) in [7, 11) is -3.90. The molecule has 0 aromatic heterocycles. The van der Waals surface area contributed by atoms with Gasteiger partial charge in [0.15, 0.2) is 0 Å². The first kappa shape index (κ1) is 17.3. The van der Waals surface area contributed by atoms with Gasteiger partial charge in [0.2, 0.25) is 10.0 Å². The van der Waals surface area contributed by atoms with Gasteiger partial charge in [-0.2, -0.15) is 13.2 Å². The van der Waals surface area contributed by atoms with Crippen molar-refractivity contribution >= 4 is 10.0 Å². The Morgan fingerprint density at radius 2 is 1.73 bits per heavy atom. The number of sulfonamides is 1. The van der Waals surface area contributed by atoms with Crippen molar-refractivity contribution in [3.05, 3.63) is 29.8 Å². The molecule has 0 aliphatic heterocycles. The van der Waals surface area contributed by atoms with Crippen LogP contribution in [0.1, 0.15) is 44.1 Å². The van der Waals surface area contributed by atoms with Crippen LogP contribution in [0.15, 0.2) is 29.2 Å². The second-order valence-electron chi connectivity index (χ2n) is 5.74. The lowest BCUT2D eigenvalue weighted by Gasteiger charge is -2.15. The third-order valence-corrected chi connectivity index (χ3v) is 5.43. The van der Waals surface area contributed by atoms with E-state index in [2.05, 4.69) is 4.72 Å². The molecule has 2 rings (SSSR count). The summed E-state index contributed by atoms with van der Waals surface area (Å²) in [6.45, 7) is 0.290. The number of nitrogens with one attached hydrogen (secondary N) is 1. The van der Waals surface area contributed by atoms with E-state index >= 15 is 0 Å². The van der Waals surface area contributed by atoms with E-state index in [0.717, 1.165) is 50.7 Å². The number of rotatable bonds is 4. The molecule has 3 nitrogen and oxygen atoms in total. The van der Waals surface area contributed by atoms with E-state index in [4.69, 9.17) is 0 Å². The molecule has 0 atom stereocenters. The number of halogens is 3. The Bertz CT molecular complexity index is 591. The zero-order valence-electron chi connectivity index (χ0n) is 12.2. The van der Waals surface area contributed by atoms with Crippen molar-refractivity contribution in [2.45, 2.75) is 49.6 Å². The van der Waals surface area contributed by atoms with Gasteiger partial charge in [0, 0.05) is 6.54 Å². The Morgan fingerprint density at radius 1 is 1.09 bits per heavy atom. The molecule has 124 valence electrons. The van der Waals surface area contributed by atoms with Crippen molar-refractivity contribution in [3.8, 4) is 0 Å². The lowest BCUT2D eigenvalue weighted by atomic mass is 10.0. The summed E-state index contributed by atoms with van der Waals surface area (Å²) in [5, 5.41) is 0. The minimum Gasteiger partial charge on any atom is -0.211 e. The molecular weight excluding hydrogens is 315 g/mol. The summed E-state index contributed by atoms with van der Waals surface area (Å²) >= 11 is 0. The Labute approximate surface area is 129 Å². The summed E-state index contributed by atoms with van der Waals surface area (Å²) in [6.07, 6.45) is 1.86. The lowest BCUT2D eigenvalue weighted by molar-refractivity contribution is -0.137. The van der Waals surface area contributed by atoms with E-state index in [9.17, 15) is 21.6 Å². The molecule has 7 heteroatoms. The van der Waals surface area contributed by atoms with Crippen LogP contribution in [-0.4, -0.2) is 15.0 Å². The number of hydrogen-bond acceptors (Lipinski definition) is 2. The molecule has 1 aliphatic rings. The molecule has 1 aromatic rings. The van der Waals surface area contributed by atoms with Crippen molar-refractivity contribution in [1.82, 2.24) is 4.72 Å². The molecule has 0 radical (unpaired) electrons. The van der Waals surface area contributed by atoms with E-state index in [0.29, 0.717) is 12.6 Å². The Kier molecular flexibility index (Phi) is 5.50. The SMILES string of the molecule is O=S(=O)(NCC1CCCCCC1)c1cccc(C(F)(F)F)c1. The van der Waals surface area contributed by atoms with Crippen LogP contribution in [0.25, 0.3) is 0 Å². The van der Waals surface area contributed by atoms with Crippen LogP contribution < -0.4 is 4.72 Å². The molecule has 1 N–H and O–H groups in total. The smallest absolute Gasteiger partial charge is 0.211 e. The van der Waals surface area contributed by atoms with Gasteiger partial charge in [-0.25, -0.2) is 13.1 Å². The Hall–Kier alpha value is -1.08. The van der Waals surface area contributed by atoms with Crippen LogP contribution in [0, 0.1) is 5.92 Å². The fourth-order valence-electron chi connectivity index (χ4n) is 2.72. The van der Waals surface area contributed by atoms with Gasteiger partial charge in [0.05, 0.1) is 10.5 Å². The van der Waals surface area contributed by atoms with Crippen LogP contribution >= 0.6 is 0 Å². The van der Waals surface area contributed by atoms with Gasteiger partial charge < -0.3 is 0 Å². The minimum atomic E-state index is -4.55. The Morgan fingerprint density at radius 3 is 2.32 bits per heavy atom. The lowest BCUT2D eigenvalue weighted by Crippen LogP contribution is -2.29. The van der Waals surface area contributed by atoms with Crippen LogP contribution in [0.2, 0.25) is 0 Å². The van der Waals surface area contributed by atoms with Crippen molar-refractivity contribution in [1.29, 1.82) is 0 Å². The standard InChI is InChI=1S/C15H20F3NO2S/c16-15(17,18)13-8-5-9-14(10-13)22(20,21)19-11-12-6-3-1-2-4-7-12/h5,8-10,12,19H,1-4,6-7,11H2. The molecule has 0 bridgehead atoms. The van der Waals surface area contributed by atoms with Crippen molar-refractivity contribution in [2.24, 2.45) is 5.92 Å². The van der Waals surface area contributed by atoms with Gasteiger partial charge in [-0.15, -0.1) is 0 Å². The normalized spacial score (nSPS) is 18.1. The first-order chi connectivity index (χ1) is 10.3. The van der Waals surface area contributed by atoms with Gasteiger partial charge in [0.25, 0.3) is 0 Å². The maximum atomic E-state index is 12.7. The van der Waals surface area contributed by atoms with E-state index in [1.165, 1.54) is 6.07 Å². The maximum Gasteiger partial charge on any atom is 0.416 e. The van der Waals surface area contributed by atoms with E-state index < -0.39 is 21.8 Å². The largest absolute Gasteiger partial charge is 0.416 e. The molecule has 0 saturated heterocycles. The van der Waals surface area contributed by atoms with Gasteiger partial charge >= 0.3 is 6.18 Å².